The van der Waals surface area contributed by atoms with Crippen molar-refractivity contribution in [2.75, 3.05) is 18.1 Å². The zero-order chi connectivity index (χ0) is 10.3. The summed E-state index contributed by atoms with van der Waals surface area (Å²) in [6.07, 6.45) is 1.76. The maximum atomic E-state index is 13.4. The molecular formula is C9H10FNO2S. The first kappa shape index (κ1) is 9.45. The van der Waals surface area contributed by atoms with Crippen molar-refractivity contribution in [2.24, 2.45) is 0 Å². The Balaban J connectivity index is 2.64. The van der Waals surface area contributed by atoms with Crippen molar-refractivity contribution in [3.8, 4) is 0 Å². The number of hydrogen-bond acceptors (Lipinski definition) is 3. The number of nitrogens with one attached hydrogen (secondary N) is 1. The summed E-state index contributed by atoms with van der Waals surface area (Å²) < 4.78 is 35.8. The lowest BCUT2D eigenvalue weighted by molar-refractivity contribution is 0.596. The van der Waals surface area contributed by atoms with E-state index in [0.717, 1.165) is 17.9 Å². The summed E-state index contributed by atoms with van der Waals surface area (Å²) in [5, 5.41) is 2.88. The van der Waals surface area contributed by atoms with Crippen LogP contribution in [0.1, 0.15) is 5.56 Å². The van der Waals surface area contributed by atoms with Crippen molar-refractivity contribution < 1.29 is 12.8 Å². The maximum absolute atomic E-state index is 13.4. The van der Waals surface area contributed by atoms with Crippen LogP contribution in [0.25, 0.3) is 0 Å². The minimum Gasteiger partial charge on any atom is -0.382 e. The molecule has 0 unspecified atom stereocenters. The SMILES string of the molecule is CS(=O)(=O)c1cc(F)c2c(c1)CCN2. The molecule has 14 heavy (non-hydrogen) atoms. The topological polar surface area (TPSA) is 46.2 Å². The minimum atomic E-state index is -3.31. The number of rotatable bonds is 1. The number of sulfone groups is 1. The molecule has 0 fully saturated rings. The largest absolute Gasteiger partial charge is 0.382 e. The number of hydrogen-bond donors (Lipinski definition) is 1. The highest BCUT2D eigenvalue weighted by atomic mass is 32.2. The molecule has 1 aliphatic rings. The highest BCUT2D eigenvalue weighted by Gasteiger charge is 2.19. The lowest BCUT2D eigenvalue weighted by atomic mass is 10.2. The molecule has 76 valence electrons. The van der Waals surface area contributed by atoms with Gasteiger partial charge in [-0.05, 0) is 24.1 Å². The van der Waals surface area contributed by atoms with Crippen LogP contribution in [0.2, 0.25) is 0 Å². The number of halogens is 1. The van der Waals surface area contributed by atoms with E-state index < -0.39 is 15.7 Å². The van der Waals surface area contributed by atoms with Gasteiger partial charge in [-0.25, -0.2) is 12.8 Å². The molecule has 0 atom stereocenters. The van der Waals surface area contributed by atoms with Crippen LogP contribution in [0.4, 0.5) is 10.1 Å². The quantitative estimate of drug-likeness (QED) is 0.765. The van der Waals surface area contributed by atoms with Crippen LogP contribution in [0.5, 0.6) is 0 Å². The highest BCUT2D eigenvalue weighted by molar-refractivity contribution is 7.90. The molecule has 1 N–H and O–H groups in total. The molecule has 3 nitrogen and oxygen atoms in total. The van der Waals surface area contributed by atoms with Gasteiger partial charge in [0, 0.05) is 12.8 Å². The van der Waals surface area contributed by atoms with Crippen molar-refractivity contribution in [1.82, 2.24) is 0 Å². The third-order valence-electron chi connectivity index (χ3n) is 2.27. The van der Waals surface area contributed by atoms with Gasteiger partial charge in [-0.1, -0.05) is 0 Å². The molecule has 5 heteroatoms. The molecule has 0 saturated carbocycles. The average molecular weight is 215 g/mol. The Morgan fingerprint density at radius 1 is 1.43 bits per heavy atom. The molecule has 0 aliphatic carbocycles. The number of fused-ring (bicyclic) bond motifs is 1. The molecule has 0 aromatic heterocycles. The molecule has 0 spiro atoms. The summed E-state index contributed by atoms with van der Waals surface area (Å²) in [6, 6.07) is 2.60. The van der Waals surface area contributed by atoms with Gasteiger partial charge in [0.05, 0.1) is 10.6 Å². The van der Waals surface area contributed by atoms with E-state index >= 15 is 0 Å². The van der Waals surface area contributed by atoms with Gasteiger partial charge in [0.15, 0.2) is 9.84 Å². The van der Waals surface area contributed by atoms with E-state index in [4.69, 9.17) is 0 Å². The van der Waals surface area contributed by atoms with Crippen LogP contribution in [0, 0.1) is 5.82 Å². The summed E-state index contributed by atoms with van der Waals surface area (Å²) in [6.45, 7) is 0.666. The Morgan fingerprint density at radius 2 is 2.14 bits per heavy atom. The first-order chi connectivity index (χ1) is 6.48. The predicted molar refractivity (Wildman–Crippen MR) is 51.7 cm³/mol. The Labute approximate surface area is 81.9 Å². The average Bonchev–Trinajstić information content (AvgIpc) is 2.50. The smallest absolute Gasteiger partial charge is 0.175 e. The number of anilines is 1. The van der Waals surface area contributed by atoms with E-state index in [2.05, 4.69) is 5.32 Å². The minimum absolute atomic E-state index is 0.0532. The first-order valence-electron chi connectivity index (χ1n) is 4.25. The molecule has 1 aliphatic heterocycles. The zero-order valence-electron chi connectivity index (χ0n) is 7.67. The van der Waals surface area contributed by atoms with Crippen molar-refractivity contribution in [1.29, 1.82) is 0 Å². The lowest BCUT2D eigenvalue weighted by Crippen LogP contribution is -2.00. The highest BCUT2D eigenvalue weighted by Crippen LogP contribution is 2.28. The summed E-state index contributed by atoms with van der Waals surface area (Å²) in [7, 11) is -3.31. The monoisotopic (exact) mass is 215 g/mol. The molecular weight excluding hydrogens is 205 g/mol. The normalized spacial score (nSPS) is 15.0. The van der Waals surface area contributed by atoms with E-state index in [1.807, 2.05) is 0 Å². The van der Waals surface area contributed by atoms with Gasteiger partial charge in [0.25, 0.3) is 0 Å². The van der Waals surface area contributed by atoms with Crippen LogP contribution in [-0.2, 0) is 16.3 Å². The van der Waals surface area contributed by atoms with Gasteiger partial charge in [-0.2, -0.15) is 0 Å². The fourth-order valence-electron chi connectivity index (χ4n) is 1.57. The van der Waals surface area contributed by atoms with Crippen molar-refractivity contribution in [2.45, 2.75) is 11.3 Å². The van der Waals surface area contributed by atoms with Crippen LogP contribution in [-0.4, -0.2) is 21.2 Å². The Kier molecular flexibility index (Phi) is 1.99. The molecule has 1 aromatic carbocycles. The Hall–Kier alpha value is -1.10. The summed E-state index contributed by atoms with van der Waals surface area (Å²) in [5.41, 5.74) is 1.18. The van der Waals surface area contributed by atoms with Crippen LogP contribution in [0.15, 0.2) is 17.0 Å². The molecule has 0 radical (unpaired) electrons. The Morgan fingerprint density at radius 3 is 2.79 bits per heavy atom. The van der Waals surface area contributed by atoms with Crippen molar-refractivity contribution in [3.05, 3.63) is 23.5 Å². The first-order valence-corrected chi connectivity index (χ1v) is 6.14. The second kappa shape index (κ2) is 2.95. The number of benzene rings is 1. The van der Waals surface area contributed by atoms with Gasteiger partial charge >= 0.3 is 0 Å². The van der Waals surface area contributed by atoms with Gasteiger partial charge in [0.1, 0.15) is 5.82 Å². The molecule has 1 aromatic rings. The van der Waals surface area contributed by atoms with Crippen molar-refractivity contribution in [3.63, 3.8) is 0 Å². The molecule has 2 rings (SSSR count). The third-order valence-corrected chi connectivity index (χ3v) is 3.36. The molecule has 0 saturated heterocycles. The summed E-state index contributed by atoms with van der Waals surface area (Å²) in [4.78, 5) is 0.0532. The fourth-order valence-corrected chi connectivity index (χ4v) is 2.24. The molecule has 0 amide bonds. The standard InChI is InChI=1S/C9H10FNO2S/c1-14(12,13)7-4-6-2-3-11-9(6)8(10)5-7/h4-5,11H,2-3H2,1H3. The summed E-state index contributed by atoms with van der Waals surface area (Å²) in [5.74, 6) is -0.486. The van der Waals surface area contributed by atoms with Gasteiger partial charge in [0.2, 0.25) is 0 Å². The second-order valence-electron chi connectivity index (χ2n) is 3.39. The lowest BCUT2D eigenvalue weighted by Gasteiger charge is -2.04. The van der Waals surface area contributed by atoms with Gasteiger partial charge in [-0.3, -0.25) is 0 Å². The zero-order valence-corrected chi connectivity index (χ0v) is 8.49. The Bertz CT molecular complexity index is 482. The molecule has 1 heterocycles. The van der Waals surface area contributed by atoms with E-state index in [0.29, 0.717) is 18.7 Å². The van der Waals surface area contributed by atoms with Gasteiger partial charge in [-0.15, -0.1) is 0 Å². The predicted octanol–water partition coefficient (Wildman–Crippen LogP) is 1.20. The van der Waals surface area contributed by atoms with Crippen LogP contribution < -0.4 is 5.32 Å². The second-order valence-corrected chi connectivity index (χ2v) is 5.40. The van der Waals surface area contributed by atoms with Crippen molar-refractivity contribution >= 4 is 15.5 Å². The van der Waals surface area contributed by atoms with E-state index in [1.54, 1.807) is 0 Å². The summed E-state index contributed by atoms with van der Waals surface area (Å²) >= 11 is 0. The van der Waals surface area contributed by atoms with Crippen LogP contribution in [0.3, 0.4) is 0 Å². The third kappa shape index (κ3) is 1.48. The van der Waals surface area contributed by atoms with Crippen LogP contribution >= 0.6 is 0 Å². The fraction of sp³-hybridized carbons (Fsp3) is 0.333. The van der Waals surface area contributed by atoms with E-state index in [1.165, 1.54) is 6.07 Å². The maximum Gasteiger partial charge on any atom is 0.175 e. The van der Waals surface area contributed by atoms with Gasteiger partial charge < -0.3 is 5.32 Å². The molecule has 0 bridgehead atoms. The van der Waals surface area contributed by atoms with E-state index in [9.17, 15) is 12.8 Å². The van der Waals surface area contributed by atoms with E-state index in [-0.39, 0.29) is 4.90 Å².